The summed E-state index contributed by atoms with van der Waals surface area (Å²) in [6.07, 6.45) is 49.3. The van der Waals surface area contributed by atoms with Crippen LogP contribution in [0.15, 0.2) is 255 Å². The number of unbranched alkanes of at least 4 members (excludes halogenated alkanes) is 28. The van der Waals surface area contributed by atoms with Crippen LogP contribution in [0.4, 0.5) is 0 Å². The van der Waals surface area contributed by atoms with Gasteiger partial charge in [-0.05, 0) is 321 Å². The monoisotopic (exact) mass is 1700 g/mol. The van der Waals surface area contributed by atoms with Gasteiger partial charge in [-0.2, -0.15) is 0 Å². The zero-order valence-corrected chi connectivity index (χ0v) is 79.5. The lowest BCUT2D eigenvalue weighted by molar-refractivity contribution is 0.535. The quantitative estimate of drug-likeness (QED) is 0.0336. The van der Waals surface area contributed by atoms with Crippen LogP contribution in [-0.4, -0.2) is 0 Å². The Hall–Kier alpha value is -12.0. The van der Waals surface area contributed by atoms with Gasteiger partial charge in [0.15, 0.2) is 0 Å². The van der Waals surface area contributed by atoms with Crippen molar-refractivity contribution in [1.29, 1.82) is 0 Å². The Labute approximate surface area is 783 Å². The first kappa shape index (κ1) is 95.6. The molecule has 24 bridgehead atoms. The first-order chi connectivity index (χ1) is 64.1. The SMILES string of the molecule is CCCCCCCCCCCCCCCCc1cc2c#cc3ccc(cc3)c3cc(CCCCCC)cc(c#cc4ccc(cc4)c4cc(CCCCCC)cc(c#cc5ccc(cc5)c5cc(CCCCCC)cc(c#cc6ccc(cc6)c6cc(CCCCCC)cc(c#cc7ccc(cc7)c7cc(CCCCCC)cc(c#cc8ccc(cc8)c(c1)c2)c7)c6)c5)c4)c3. The third kappa shape index (κ3) is 31.7. The van der Waals surface area contributed by atoms with E-state index < -0.39 is 0 Å². The molecule has 0 radical (unpaired) electrons. The Morgan fingerprint density at radius 1 is 0.115 bits per heavy atom. The van der Waals surface area contributed by atoms with Gasteiger partial charge in [0.2, 0.25) is 0 Å². The molecule has 0 amide bonds. The van der Waals surface area contributed by atoms with Crippen molar-refractivity contribution >= 4 is 129 Å². The van der Waals surface area contributed by atoms with Crippen molar-refractivity contribution in [1.82, 2.24) is 0 Å². The van der Waals surface area contributed by atoms with Gasteiger partial charge in [0.25, 0.3) is 0 Å². The summed E-state index contributed by atoms with van der Waals surface area (Å²) in [5.74, 6) is 0. The summed E-state index contributed by atoms with van der Waals surface area (Å²) in [4.78, 5) is 0. The maximum Gasteiger partial charge on any atom is 0.0257 e. The molecule has 0 N–H and O–H groups in total. The minimum atomic E-state index is 0.992. The second-order valence-electron chi connectivity index (χ2n) is 36.9. The van der Waals surface area contributed by atoms with Crippen LogP contribution in [0.25, 0.3) is 129 Å². The maximum atomic E-state index is 3.68. The van der Waals surface area contributed by atoms with Crippen molar-refractivity contribution in [2.75, 3.05) is 0 Å². The Bertz CT molecular complexity index is 5980. The molecule has 130 heavy (non-hydrogen) atoms. The minimum Gasteiger partial charge on any atom is -0.0654 e. The lowest BCUT2D eigenvalue weighted by atomic mass is 10.0. The van der Waals surface area contributed by atoms with Crippen LogP contribution in [0.2, 0.25) is 0 Å². The van der Waals surface area contributed by atoms with Crippen LogP contribution in [0.3, 0.4) is 0 Å². The van der Waals surface area contributed by atoms with Crippen molar-refractivity contribution in [3.05, 3.63) is 361 Å². The highest BCUT2D eigenvalue weighted by Crippen LogP contribution is 2.29. The van der Waals surface area contributed by atoms with Crippen molar-refractivity contribution in [2.45, 2.75) is 298 Å². The Kier molecular flexibility index (Phi) is 39.1. The highest BCUT2D eigenvalue weighted by Gasteiger charge is 2.08. The highest BCUT2D eigenvalue weighted by molar-refractivity contribution is 5.92. The number of hydrogen-bond acceptors (Lipinski definition) is 0. The molecular formula is C130H140. The topological polar surface area (TPSA) is 0 Å². The van der Waals surface area contributed by atoms with E-state index in [1.165, 1.54) is 284 Å². The van der Waals surface area contributed by atoms with Crippen molar-refractivity contribution < 1.29 is 0 Å². The summed E-state index contributed by atoms with van der Waals surface area (Å²) in [7, 11) is 0. The zero-order chi connectivity index (χ0) is 89.8. The average Bonchev–Trinajstić information content (AvgIpc) is 0.845. The van der Waals surface area contributed by atoms with Crippen molar-refractivity contribution in [3.8, 4) is 0 Å². The van der Waals surface area contributed by atoms with Crippen molar-refractivity contribution in [2.24, 2.45) is 0 Å². The largest absolute Gasteiger partial charge is 0.0654 e. The summed E-state index contributed by atoms with van der Waals surface area (Å²) in [5.41, 5.74) is 8.00. The van der Waals surface area contributed by atoms with Crippen LogP contribution in [-0.2, 0) is 38.5 Å². The highest BCUT2D eigenvalue weighted by atomic mass is 14.1. The molecule has 0 nitrogen and oxygen atoms in total. The molecule has 660 valence electrons. The molecule has 0 heteroatoms. The predicted octanol–water partition coefficient (Wildman–Crippen LogP) is 38.2. The van der Waals surface area contributed by atoms with Crippen LogP contribution < -0.4 is 0 Å². The minimum absolute atomic E-state index is 0.992. The summed E-state index contributed by atoms with van der Waals surface area (Å²) < 4.78 is 0. The fourth-order valence-corrected chi connectivity index (χ4v) is 18.1. The smallest absolute Gasteiger partial charge is 0.0257 e. The molecule has 0 atom stereocenters. The van der Waals surface area contributed by atoms with Gasteiger partial charge in [0.05, 0.1) is 0 Å². The Balaban J connectivity index is 0.900. The lowest BCUT2D eigenvalue weighted by Crippen LogP contribution is -1.87. The van der Waals surface area contributed by atoms with E-state index in [0.717, 1.165) is 135 Å². The van der Waals surface area contributed by atoms with E-state index in [2.05, 4.69) is 369 Å². The first-order valence-corrected chi connectivity index (χ1v) is 50.7. The third-order valence-corrected chi connectivity index (χ3v) is 25.8. The molecular weight excluding hydrogens is 1560 g/mol. The third-order valence-electron chi connectivity index (χ3n) is 25.8. The van der Waals surface area contributed by atoms with Gasteiger partial charge in [-0.3, -0.25) is 0 Å². The number of rotatable bonds is 40. The second-order valence-corrected chi connectivity index (χ2v) is 36.9. The molecule has 0 saturated carbocycles. The van der Waals surface area contributed by atoms with Gasteiger partial charge in [-0.1, -0.05) is 403 Å². The van der Waals surface area contributed by atoms with Gasteiger partial charge in [-0.25, -0.2) is 0 Å². The molecule has 0 fully saturated rings. The van der Waals surface area contributed by atoms with Gasteiger partial charge in [0.1, 0.15) is 0 Å². The van der Waals surface area contributed by atoms with Crippen LogP contribution >= 0.6 is 0 Å². The normalized spacial score (nSPS) is 10.9. The molecule has 0 aromatic heterocycles. The molecule has 0 aliphatic rings. The number of benzene rings is 12. The fourth-order valence-electron chi connectivity index (χ4n) is 18.1. The number of hydrogen-bond donors (Lipinski definition) is 0. The molecule has 0 unspecified atom stereocenters. The molecule has 0 spiro atoms. The van der Waals surface area contributed by atoms with E-state index in [1.807, 2.05) is 0 Å². The molecule has 0 aliphatic heterocycles. The van der Waals surface area contributed by atoms with Crippen LogP contribution in [0.1, 0.15) is 293 Å². The molecule has 22 aromatic carbocycles. The van der Waals surface area contributed by atoms with Gasteiger partial charge in [0, 0.05) is 64.6 Å². The first-order valence-electron chi connectivity index (χ1n) is 50.7. The zero-order valence-electron chi connectivity index (χ0n) is 79.5. The lowest BCUT2D eigenvalue weighted by Gasteiger charge is -2.05. The molecule has 22 rings (SSSR count). The summed E-state index contributed by atoms with van der Waals surface area (Å²) >= 11 is 0. The van der Waals surface area contributed by atoms with E-state index in [1.54, 1.807) is 0 Å². The molecule has 0 saturated heterocycles. The van der Waals surface area contributed by atoms with Crippen LogP contribution in [0.5, 0.6) is 0 Å². The standard InChI is InChI=1S/C130H140/c1-7-13-19-25-26-27-28-29-30-31-32-33-34-40-46-112-88-118-58-52-106-67-79-123(80-68-106)129-93-110(44-38-23-17-11-5)86-116(98-129)56-50-104-63-75-121(76-64-104)127-91-108(42-36-21-15-9-3)84-114(96-127)54-48-102-59-71-119(72-60-102)125-89-107(41-35-20-14-8-2)83-113(95-125)53-47-101-61-73-120(74-62-101)126-90-109(43-37-22-16-10-4)85-115(97-126)55-49-103-65-77-122(78-66-103)128-92-111(45-39-24-18-12-6)87-117(99-128)57-51-105-69-81-124(82-70-105)130(94-112)100-118/h59-100H,7-46H2,1-6H3. The van der Waals surface area contributed by atoms with E-state index >= 15 is 0 Å². The second kappa shape index (κ2) is 53.2. The van der Waals surface area contributed by atoms with E-state index in [0.29, 0.717) is 0 Å². The fraction of sp³-hybridized carbons (Fsp3) is 0.354. The average molecular weight is 1700 g/mol. The summed E-state index contributed by atoms with van der Waals surface area (Å²) in [6, 6.07) is 139. The van der Waals surface area contributed by atoms with E-state index in [-0.39, 0.29) is 0 Å². The number of aryl methyl sites for hydroxylation is 6. The van der Waals surface area contributed by atoms with Gasteiger partial charge < -0.3 is 0 Å². The summed E-state index contributed by atoms with van der Waals surface area (Å²) in [6.45, 7) is 13.7. The van der Waals surface area contributed by atoms with E-state index in [9.17, 15) is 0 Å². The van der Waals surface area contributed by atoms with Crippen molar-refractivity contribution in [3.63, 3.8) is 0 Å². The summed E-state index contributed by atoms with van der Waals surface area (Å²) in [5, 5.41) is 26.3. The van der Waals surface area contributed by atoms with Crippen LogP contribution in [0, 0.1) is 72.8 Å². The molecule has 22 aromatic rings. The van der Waals surface area contributed by atoms with Gasteiger partial charge >= 0.3 is 0 Å². The Morgan fingerprint density at radius 3 is 0.385 bits per heavy atom. The predicted molar refractivity (Wildman–Crippen MR) is 568 cm³/mol. The molecule has 0 aliphatic carbocycles. The van der Waals surface area contributed by atoms with Gasteiger partial charge in [-0.15, -0.1) is 0 Å². The maximum absolute atomic E-state index is 3.68. The Morgan fingerprint density at radius 2 is 0.238 bits per heavy atom. The molecule has 0 heterocycles. The van der Waals surface area contributed by atoms with E-state index in [4.69, 9.17) is 0 Å².